The molecule has 2 atom stereocenters. The minimum Gasteiger partial charge on any atom is -0.480 e. The smallest absolute Gasteiger partial charge is 0.321 e. The lowest BCUT2D eigenvalue weighted by molar-refractivity contribution is -0.142. The SMILES string of the molecule is CC1CC(=O)CC(C(=O)O)N1. The first-order valence-corrected chi connectivity index (χ1v) is 3.60. The van der Waals surface area contributed by atoms with E-state index in [2.05, 4.69) is 5.32 Å². The lowest BCUT2D eigenvalue weighted by Gasteiger charge is -2.24. The molecule has 0 saturated carbocycles. The summed E-state index contributed by atoms with van der Waals surface area (Å²) in [7, 11) is 0. The number of carbonyl (C=O) groups excluding carboxylic acids is 1. The van der Waals surface area contributed by atoms with Crippen LogP contribution >= 0.6 is 0 Å². The number of rotatable bonds is 1. The molecule has 0 amide bonds. The average Bonchev–Trinajstić information content (AvgIpc) is 1.85. The minimum absolute atomic E-state index is 0.00245. The van der Waals surface area contributed by atoms with Crippen molar-refractivity contribution in [2.45, 2.75) is 31.8 Å². The molecule has 1 aliphatic rings. The molecule has 0 radical (unpaired) electrons. The van der Waals surface area contributed by atoms with Gasteiger partial charge in [0.15, 0.2) is 0 Å². The fourth-order valence-corrected chi connectivity index (χ4v) is 1.27. The lowest BCUT2D eigenvalue weighted by atomic mass is 9.98. The Labute approximate surface area is 64.6 Å². The van der Waals surface area contributed by atoms with E-state index in [9.17, 15) is 9.59 Å². The van der Waals surface area contributed by atoms with Gasteiger partial charge in [-0.3, -0.25) is 9.59 Å². The van der Waals surface area contributed by atoms with Gasteiger partial charge >= 0.3 is 5.97 Å². The Morgan fingerprint density at radius 3 is 2.73 bits per heavy atom. The monoisotopic (exact) mass is 157 g/mol. The highest BCUT2D eigenvalue weighted by atomic mass is 16.4. The molecule has 0 bridgehead atoms. The maximum atomic E-state index is 10.9. The number of piperidine rings is 1. The van der Waals surface area contributed by atoms with Gasteiger partial charge in [-0.05, 0) is 6.92 Å². The molecule has 4 nitrogen and oxygen atoms in total. The Morgan fingerprint density at radius 2 is 2.27 bits per heavy atom. The summed E-state index contributed by atoms with van der Waals surface area (Å²) in [5.41, 5.74) is 0. The van der Waals surface area contributed by atoms with Crippen LogP contribution in [0.1, 0.15) is 19.8 Å². The number of Topliss-reactive ketones (excluding diaryl/α,β-unsaturated/α-hetero) is 1. The minimum atomic E-state index is -0.940. The average molecular weight is 157 g/mol. The van der Waals surface area contributed by atoms with Crippen molar-refractivity contribution in [3.05, 3.63) is 0 Å². The quantitative estimate of drug-likeness (QED) is 0.552. The van der Waals surface area contributed by atoms with Crippen molar-refractivity contribution in [1.29, 1.82) is 0 Å². The summed E-state index contributed by atoms with van der Waals surface area (Å²) < 4.78 is 0. The summed E-state index contributed by atoms with van der Waals surface area (Å²) in [6.07, 6.45) is 0.573. The predicted octanol–water partition coefficient (Wildman–Crippen LogP) is -0.219. The standard InChI is InChI=1S/C7H11NO3/c1-4-2-5(9)3-6(8-4)7(10)11/h4,6,8H,2-3H2,1H3,(H,10,11). The summed E-state index contributed by atoms with van der Waals surface area (Å²) in [6, 6.07) is -0.677. The van der Waals surface area contributed by atoms with Gasteiger partial charge in [-0.15, -0.1) is 0 Å². The Hall–Kier alpha value is -0.900. The molecule has 0 aromatic carbocycles. The van der Waals surface area contributed by atoms with Gasteiger partial charge in [0.2, 0.25) is 0 Å². The van der Waals surface area contributed by atoms with Crippen LogP contribution in [0.15, 0.2) is 0 Å². The number of aliphatic carboxylic acids is 1. The van der Waals surface area contributed by atoms with Crippen molar-refractivity contribution in [2.24, 2.45) is 0 Å². The zero-order valence-corrected chi connectivity index (χ0v) is 6.33. The van der Waals surface area contributed by atoms with Crippen LogP contribution in [0.4, 0.5) is 0 Å². The molecule has 1 heterocycles. The molecule has 0 spiro atoms. The molecule has 2 N–H and O–H groups in total. The maximum absolute atomic E-state index is 10.9. The van der Waals surface area contributed by atoms with Crippen LogP contribution < -0.4 is 5.32 Å². The molecule has 1 fully saturated rings. The number of carboxylic acids is 1. The second kappa shape index (κ2) is 3.00. The zero-order valence-electron chi connectivity index (χ0n) is 6.33. The van der Waals surface area contributed by atoms with Gasteiger partial charge in [0.25, 0.3) is 0 Å². The van der Waals surface area contributed by atoms with Gasteiger partial charge in [0.05, 0.1) is 0 Å². The van der Waals surface area contributed by atoms with Crippen molar-refractivity contribution < 1.29 is 14.7 Å². The summed E-state index contributed by atoms with van der Waals surface area (Å²) >= 11 is 0. The molecule has 0 aromatic rings. The van der Waals surface area contributed by atoms with E-state index < -0.39 is 12.0 Å². The Balaban J connectivity index is 2.56. The highest BCUT2D eigenvalue weighted by molar-refractivity contribution is 5.87. The normalized spacial score (nSPS) is 31.9. The van der Waals surface area contributed by atoms with E-state index in [1.165, 1.54) is 0 Å². The first kappa shape index (κ1) is 8.20. The number of hydrogen-bond donors (Lipinski definition) is 2. The van der Waals surface area contributed by atoms with Crippen LogP contribution in [0.25, 0.3) is 0 Å². The maximum Gasteiger partial charge on any atom is 0.321 e. The third kappa shape index (κ3) is 2.01. The summed E-state index contributed by atoms with van der Waals surface area (Å²) in [5, 5.41) is 11.4. The van der Waals surface area contributed by atoms with E-state index >= 15 is 0 Å². The molecule has 0 aliphatic carbocycles. The summed E-state index contributed by atoms with van der Waals surface area (Å²) in [5.74, 6) is -0.909. The zero-order chi connectivity index (χ0) is 8.43. The van der Waals surface area contributed by atoms with E-state index in [1.54, 1.807) is 0 Å². The molecule has 1 saturated heterocycles. The third-order valence-corrected chi connectivity index (χ3v) is 1.75. The van der Waals surface area contributed by atoms with Gasteiger partial charge in [-0.1, -0.05) is 0 Å². The molecule has 2 unspecified atom stereocenters. The van der Waals surface area contributed by atoms with Crippen molar-refractivity contribution in [2.75, 3.05) is 0 Å². The molecular weight excluding hydrogens is 146 g/mol. The van der Waals surface area contributed by atoms with Crippen LogP contribution in [-0.4, -0.2) is 28.9 Å². The second-order valence-electron chi connectivity index (χ2n) is 2.91. The van der Waals surface area contributed by atoms with E-state index in [4.69, 9.17) is 5.11 Å². The van der Waals surface area contributed by atoms with Crippen molar-refractivity contribution in [3.63, 3.8) is 0 Å². The third-order valence-electron chi connectivity index (χ3n) is 1.75. The predicted molar refractivity (Wildman–Crippen MR) is 38.3 cm³/mol. The molecule has 1 aliphatic heterocycles. The van der Waals surface area contributed by atoms with Crippen molar-refractivity contribution in [1.82, 2.24) is 5.32 Å². The highest BCUT2D eigenvalue weighted by Crippen LogP contribution is 2.08. The fraction of sp³-hybridized carbons (Fsp3) is 0.714. The molecule has 1 rings (SSSR count). The molecule has 11 heavy (non-hydrogen) atoms. The van der Waals surface area contributed by atoms with E-state index in [-0.39, 0.29) is 18.2 Å². The first-order chi connectivity index (χ1) is 5.09. The molecule has 62 valence electrons. The second-order valence-corrected chi connectivity index (χ2v) is 2.91. The van der Waals surface area contributed by atoms with Crippen LogP contribution in [0.2, 0.25) is 0 Å². The summed E-state index contributed by atoms with van der Waals surface area (Å²) in [6.45, 7) is 1.81. The molecule has 4 heteroatoms. The Bertz CT molecular complexity index is 190. The molecular formula is C7H11NO3. The lowest BCUT2D eigenvalue weighted by Crippen LogP contribution is -2.48. The summed E-state index contributed by atoms with van der Waals surface area (Å²) in [4.78, 5) is 21.3. The number of hydrogen-bond acceptors (Lipinski definition) is 3. The highest BCUT2D eigenvalue weighted by Gasteiger charge is 2.28. The van der Waals surface area contributed by atoms with E-state index in [0.717, 1.165) is 0 Å². The van der Waals surface area contributed by atoms with E-state index in [1.807, 2.05) is 6.92 Å². The topological polar surface area (TPSA) is 66.4 Å². The van der Waals surface area contributed by atoms with Gasteiger partial charge in [0.1, 0.15) is 11.8 Å². The van der Waals surface area contributed by atoms with Gasteiger partial charge in [-0.2, -0.15) is 0 Å². The molecule has 0 aromatic heterocycles. The number of carbonyl (C=O) groups is 2. The number of carboxylic acid groups (broad SMARTS) is 1. The van der Waals surface area contributed by atoms with Crippen LogP contribution in [-0.2, 0) is 9.59 Å². The van der Waals surface area contributed by atoms with Crippen LogP contribution in [0.5, 0.6) is 0 Å². The van der Waals surface area contributed by atoms with E-state index in [0.29, 0.717) is 6.42 Å². The number of nitrogens with one attached hydrogen (secondary N) is 1. The fourth-order valence-electron chi connectivity index (χ4n) is 1.27. The van der Waals surface area contributed by atoms with Crippen molar-refractivity contribution in [3.8, 4) is 0 Å². The van der Waals surface area contributed by atoms with Gasteiger partial charge in [-0.25, -0.2) is 0 Å². The van der Waals surface area contributed by atoms with Crippen LogP contribution in [0, 0.1) is 0 Å². The van der Waals surface area contributed by atoms with Crippen LogP contribution in [0.3, 0.4) is 0 Å². The van der Waals surface area contributed by atoms with Gasteiger partial charge in [0, 0.05) is 18.9 Å². The number of ketones is 1. The first-order valence-electron chi connectivity index (χ1n) is 3.60. The Kier molecular flexibility index (Phi) is 2.24. The van der Waals surface area contributed by atoms with Gasteiger partial charge < -0.3 is 10.4 Å². The van der Waals surface area contributed by atoms with Crippen molar-refractivity contribution >= 4 is 11.8 Å². The Morgan fingerprint density at radius 1 is 1.64 bits per heavy atom. The largest absolute Gasteiger partial charge is 0.480 e.